The van der Waals surface area contributed by atoms with Crippen molar-refractivity contribution in [1.29, 1.82) is 0 Å². The van der Waals surface area contributed by atoms with E-state index in [2.05, 4.69) is 39.4 Å². The zero-order valence-electron chi connectivity index (χ0n) is 19.0. The fourth-order valence-electron chi connectivity index (χ4n) is 7.74. The molecule has 2 saturated carbocycles. The van der Waals surface area contributed by atoms with Crippen LogP contribution in [0.15, 0.2) is 11.1 Å². The van der Waals surface area contributed by atoms with Gasteiger partial charge in [-0.3, -0.25) is 9.59 Å². The maximum Gasteiger partial charge on any atom is 0.313 e. The van der Waals surface area contributed by atoms with Crippen molar-refractivity contribution >= 4 is 11.8 Å². The van der Waals surface area contributed by atoms with Gasteiger partial charge in [0.05, 0.1) is 7.11 Å². The highest BCUT2D eigenvalue weighted by Crippen LogP contribution is 2.68. The largest absolute Gasteiger partial charge is 0.469 e. The van der Waals surface area contributed by atoms with E-state index >= 15 is 0 Å². The number of hydrogen-bond acceptors (Lipinski definition) is 3. The van der Waals surface area contributed by atoms with Crippen LogP contribution in [-0.4, -0.2) is 18.9 Å². The molecule has 0 bridgehead atoms. The molecule has 0 aromatic carbocycles. The van der Waals surface area contributed by atoms with Crippen LogP contribution in [0.25, 0.3) is 0 Å². The first-order chi connectivity index (χ1) is 13.0. The highest BCUT2D eigenvalue weighted by molar-refractivity contribution is 5.95. The van der Waals surface area contributed by atoms with Crippen molar-refractivity contribution in [3.05, 3.63) is 11.1 Å². The topological polar surface area (TPSA) is 43.4 Å². The summed E-state index contributed by atoms with van der Waals surface area (Å²) < 4.78 is 4.66. The molecule has 3 heteroatoms. The van der Waals surface area contributed by atoms with Crippen molar-refractivity contribution in [3.63, 3.8) is 0 Å². The lowest BCUT2D eigenvalue weighted by atomic mass is 9.40. The lowest BCUT2D eigenvalue weighted by Crippen LogP contribution is -2.56. The van der Waals surface area contributed by atoms with Crippen LogP contribution in [-0.2, 0) is 14.3 Å². The molecule has 0 unspecified atom stereocenters. The van der Waals surface area contributed by atoms with E-state index in [1.807, 2.05) is 0 Å². The molecule has 3 rings (SSSR count). The van der Waals surface area contributed by atoms with E-state index in [0.717, 1.165) is 12.3 Å². The summed E-state index contributed by atoms with van der Waals surface area (Å²) in [5.41, 5.74) is 4.11. The minimum atomic E-state index is -0.416. The lowest BCUT2D eigenvalue weighted by Gasteiger charge is -2.64. The van der Waals surface area contributed by atoms with E-state index in [1.165, 1.54) is 63.2 Å². The molecule has 3 aliphatic carbocycles. The molecule has 0 saturated heterocycles. The van der Waals surface area contributed by atoms with E-state index in [4.69, 9.17) is 0 Å². The summed E-state index contributed by atoms with van der Waals surface area (Å²) in [7, 11) is 1.35. The molecular formula is C25H40O3. The third kappa shape index (κ3) is 3.59. The molecule has 0 aromatic rings. The van der Waals surface area contributed by atoms with Gasteiger partial charge in [-0.25, -0.2) is 0 Å². The number of carbonyl (C=O) groups is 2. The standard InChI is InChI=1S/C25H40O3/c1-17-8-11-21-24(4,19(17)10-9-18(26)16-22(27)28-6)15-12-20-23(2,3)13-7-14-25(20,21)5/h20-21H,7-16H2,1-6H3/t20-,21-,24-,25-/m0/s1. The third-order valence-electron chi connectivity index (χ3n) is 9.03. The maximum atomic E-state index is 12.3. The van der Waals surface area contributed by atoms with E-state index in [9.17, 15) is 9.59 Å². The Morgan fingerprint density at radius 3 is 2.43 bits per heavy atom. The van der Waals surface area contributed by atoms with Gasteiger partial charge in [0.15, 0.2) is 0 Å². The minimum absolute atomic E-state index is 0.0107. The van der Waals surface area contributed by atoms with Gasteiger partial charge in [0.2, 0.25) is 0 Å². The molecular weight excluding hydrogens is 348 g/mol. The quantitative estimate of drug-likeness (QED) is 0.317. The van der Waals surface area contributed by atoms with Gasteiger partial charge in [0, 0.05) is 6.42 Å². The summed E-state index contributed by atoms with van der Waals surface area (Å²) in [4.78, 5) is 23.7. The average molecular weight is 389 g/mol. The second kappa shape index (κ2) is 7.61. The molecule has 2 fully saturated rings. The summed E-state index contributed by atoms with van der Waals surface area (Å²) in [6.07, 6.45) is 10.3. The van der Waals surface area contributed by atoms with E-state index in [-0.39, 0.29) is 17.6 Å². The monoisotopic (exact) mass is 388 g/mol. The molecule has 0 radical (unpaired) electrons. The molecule has 0 heterocycles. The number of methoxy groups -OCH3 is 1. The number of esters is 1. The molecule has 3 nitrogen and oxygen atoms in total. The lowest BCUT2D eigenvalue weighted by molar-refractivity contribution is -0.143. The van der Waals surface area contributed by atoms with Crippen LogP contribution >= 0.6 is 0 Å². The van der Waals surface area contributed by atoms with Crippen LogP contribution in [0.1, 0.15) is 98.8 Å². The normalized spacial score (nSPS) is 37.1. The van der Waals surface area contributed by atoms with E-state index in [0.29, 0.717) is 23.2 Å². The summed E-state index contributed by atoms with van der Waals surface area (Å²) >= 11 is 0. The van der Waals surface area contributed by atoms with Gasteiger partial charge >= 0.3 is 5.97 Å². The summed E-state index contributed by atoms with van der Waals surface area (Å²) in [6.45, 7) is 12.3. The molecule has 158 valence electrons. The Balaban J connectivity index is 1.82. The van der Waals surface area contributed by atoms with Crippen LogP contribution in [0.2, 0.25) is 0 Å². The zero-order chi connectivity index (χ0) is 20.7. The highest BCUT2D eigenvalue weighted by atomic mass is 16.5. The number of ketones is 1. The Labute approximate surface area is 171 Å². The van der Waals surface area contributed by atoms with Crippen LogP contribution < -0.4 is 0 Å². The summed E-state index contributed by atoms with van der Waals surface area (Å²) in [5, 5.41) is 0. The van der Waals surface area contributed by atoms with E-state index < -0.39 is 5.97 Å². The highest BCUT2D eigenvalue weighted by Gasteiger charge is 2.59. The van der Waals surface area contributed by atoms with Gasteiger partial charge in [0.25, 0.3) is 0 Å². The molecule has 0 N–H and O–H groups in total. The maximum absolute atomic E-state index is 12.3. The van der Waals surface area contributed by atoms with Gasteiger partial charge in [-0.05, 0) is 80.0 Å². The number of ether oxygens (including phenoxy) is 1. The number of rotatable bonds is 5. The Morgan fingerprint density at radius 1 is 1.04 bits per heavy atom. The molecule has 3 aliphatic rings. The van der Waals surface area contributed by atoms with Gasteiger partial charge in [0.1, 0.15) is 12.2 Å². The Hall–Kier alpha value is -1.12. The molecule has 0 aliphatic heterocycles. The smallest absolute Gasteiger partial charge is 0.313 e. The van der Waals surface area contributed by atoms with Crippen molar-refractivity contribution in [1.82, 2.24) is 0 Å². The molecule has 4 atom stereocenters. The number of allylic oxidation sites excluding steroid dienone is 2. The number of carbonyl (C=O) groups excluding carboxylic acids is 2. The van der Waals surface area contributed by atoms with Crippen LogP contribution in [0, 0.1) is 28.1 Å². The third-order valence-corrected chi connectivity index (χ3v) is 9.03. The first-order valence-corrected chi connectivity index (χ1v) is 11.3. The van der Waals surface area contributed by atoms with Crippen LogP contribution in [0.5, 0.6) is 0 Å². The van der Waals surface area contributed by atoms with Gasteiger partial charge in [-0.1, -0.05) is 45.3 Å². The summed E-state index contributed by atoms with van der Waals surface area (Å²) in [5.74, 6) is 1.12. The fraction of sp³-hybridized carbons (Fsp3) is 0.840. The Morgan fingerprint density at radius 2 is 1.75 bits per heavy atom. The Bertz CT molecular complexity index is 673. The second-order valence-electron chi connectivity index (χ2n) is 11.0. The van der Waals surface area contributed by atoms with Crippen molar-refractivity contribution in [2.75, 3.05) is 7.11 Å². The summed E-state index contributed by atoms with van der Waals surface area (Å²) in [6, 6.07) is 0. The fourth-order valence-corrected chi connectivity index (χ4v) is 7.74. The predicted molar refractivity (Wildman–Crippen MR) is 113 cm³/mol. The predicted octanol–water partition coefficient (Wildman–Crippen LogP) is 6.26. The molecule has 0 amide bonds. The second-order valence-corrected chi connectivity index (χ2v) is 11.0. The van der Waals surface area contributed by atoms with Crippen molar-refractivity contribution in [2.45, 2.75) is 98.8 Å². The zero-order valence-corrected chi connectivity index (χ0v) is 19.0. The number of fused-ring (bicyclic) bond motifs is 3. The first kappa shape index (κ1) is 21.6. The Kier molecular flexibility index (Phi) is 5.87. The molecule has 28 heavy (non-hydrogen) atoms. The van der Waals surface area contributed by atoms with Crippen LogP contribution in [0.4, 0.5) is 0 Å². The SMILES string of the molecule is COC(=O)CC(=O)CCC1=C(C)CC[C@@H]2[C@@]3(C)CCCC(C)(C)[C@@H]3CC[C@@]12C. The molecule has 0 spiro atoms. The number of Topliss-reactive ketones (excluding diaryl/α,β-unsaturated/α-hetero) is 1. The number of hydrogen-bond donors (Lipinski definition) is 0. The van der Waals surface area contributed by atoms with Gasteiger partial charge in [-0.15, -0.1) is 0 Å². The van der Waals surface area contributed by atoms with Crippen molar-refractivity contribution < 1.29 is 14.3 Å². The van der Waals surface area contributed by atoms with Crippen LogP contribution in [0.3, 0.4) is 0 Å². The van der Waals surface area contributed by atoms with E-state index in [1.54, 1.807) is 0 Å². The molecule has 0 aromatic heterocycles. The minimum Gasteiger partial charge on any atom is -0.469 e. The van der Waals surface area contributed by atoms with Crippen molar-refractivity contribution in [3.8, 4) is 0 Å². The van der Waals surface area contributed by atoms with Crippen molar-refractivity contribution in [2.24, 2.45) is 28.1 Å². The van der Waals surface area contributed by atoms with Gasteiger partial charge in [-0.2, -0.15) is 0 Å². The average Bonchev–Trinajstić information content (AvgIpc) is 2.59. The van der Waals surface area contributed by atoms with Gasteiger partial charge < -0.3 is 4.74 Å². The first-order valence-electron chi connectivity index (χ1n) is 11.3.